The fraction of sp³-hybridized carbons (Fsp3) is 0.333. The zero-order valence-corrected chi connectivity index (χ0v) is 15.9. The molecule has 2 amide bonds. The Morgan fingerprint density at radius 1 is 1.14 bits per heavy atom. The van der Waals surface area contributed by atoms with Gasteiger partial charge in [-0.05, 0) is 31.9 Å². The summed E-state index contributed by atoms with van der Waals surface area (Å²) < 4.78 is 5.46. The summed E-state index contributed by atoms with van der Waals surface area (Å²) in [4.78, 5) is 35.4. The highest BCUT2D eigenvalue weighted by atomic mass is 16.4. The number of aryl methyl sites for hydroxylation is 2. The second-order valence-corrected chi connectivity index (χ2v) is 7.19. The summed E-state index contributed by atoms with van der Waals surface area (Å²) in [7, 11) is 0. The van der Waals surface area contributed by atoms with Gasteiger partial charge < -0.3 is 15.1 Å². The van der Waals surface area contributed by atoms with Crippen molar-refractivity contribution in [3.8, 4) is 0 Å². The van der Waals surface area contributed by atoms with Crippen molar-refractivity contribution in [1.82, 2.24) is 14.9 Å². The molecule has 1 fully saturated rings. The van der Waals surface area contributed by atoms with E-state index < -0.39 is 5.91 Å². The van der Waals surface area contributed by atoms with Crippen LogP contribution >= 0.6 is 0 Å². The standard InChI is InChI=1S/C21H22N4O3/c1-12-19(28-13(2)23-12)21(27)25-9-7-14(8-10-25)18-16(20(22)26)11-15-5-3-4-6-17(15)24-18/h3-6,11,14H,7-10H2,1-2H3,(H2,22,26). The van der Waals surface area contributed by atoms with Crippen LogP contribution in [-0.2, 0) is 0 Å². The van der Waals surface area contributed by atoms with Gasteiger partial charge in [0, 0.05) is 31.3 Å². The molecule has 144 valence electrons. The number of fused-ring (bicyclic) bond motifs is 1. The van der Waals surface area contributed by atoms with Crippen molar-refractivity contribution in [2.45, 2.75) is 32.6 Å². The van der Waals surface area contributed by atoms with Crippen LogP contribution in [0.15, 0.2) is 34.7 Å². The Morgan fingerprint density at radius 3 is 2.50 bits per heavy atom. The number of amides is 2. The number of para-hydroxylation sites is 1. The minimum atomic E-state index is -0.473. The molecule has 4 rings (SSSR count). The molecule has 1 saturated heterocycles. The monoisotopic (exact) mass is 378 g/mol. The van der Waals surface area contributed by atoms with Crippen LogP contribution in [0.4, 0.5) is 0 Å². The van der Waals surface area contributed by atoms with E-state index in [4.69, 9.17) is 15.1 Å². The first kappa shape index (κ1) is 18.2. The third kappa shape index (κ3) is 3.24. The first-order chi connectivity index (χ1) is 13.4. The summed E-state index contributed by atoms with van der Waals surface area (Å²) in [5, 5.41) is 0.892. The van der Waals surface area contributed by atoms with Gasteiger partial charge in [-0.2, -0.15) is 0 Å². The zero-order valence-electron chi connectivity index (χ0n) is 15.9. The average molecular weight is 378 g/mol. The van der Waals surface area contributed by atoms with E-state index in [0.717, 1.165) is 16.6 Å². The first-order valence-electron chi connectivity index (χ1n) is 9.37. The molecule has 0 aliphatic carbocycles. The number of benzene rings is 1. The fourth-order valence-electron chi connectivity index (χ4n) is 3.87. The molecule has 1 aliphatic heterocycles. The summed E-state index contributed by atoms with van der Waals surface area (Å²) in [5.74, 6) is 0.256. The molecule has 7 nitrogen and oxygen atoms in total. The number of carbonyl (C=O) groups excluding carboxylic acids is 2. The first-order valence-corrected chi connectivity index (χ1v) is 9.37. The number of oxazole rings is 1. The van der Waals surface area contributed by atoms with Crippen molar-refractivity contribution < 1.29 is 14.0 Å². The van der Waals surface area contributed by atoms with Gasteiger partial charge in [0.1, 0.15) is 0 Å². The molecule has 1 aromatic carbocycles. The molecule has 0 saturated carbocycles. The van der Waals surface area contributed by atoms with Gasteiger partial charge in [-0.1, -0.05) is 18.2 Å². The highest BCUT2D eigenvalue weighted by molar-refractivity contribution is 5.98. The molecule has 2 N–H and O–H groups in total. The van der Waals surface area contributed by atoms with Crippen molar-refractivity contribution in [2.75, 3.05) is 13.1 Å². The Morgan fingerprint density at radius 2 is 1.86 bits per heavy atom. The lowest BCUT2D eigenvalue weighted by Gasteiger charge is -2.32. The van der Waals surface area contributed by atoms with E-state index in [1.165, 1.54) is 0 Å². The number of nitrogens with two attached hydrogens (primary N) is 1. The van der Waals surface area contributed by atoms with Crippen LogP contribution in [0.5, 0.6) is 0 Å². The van der Waals surface area contributed by atoms with E-state index in [2.05, 4.69) is 4.98 Å². The second kappa shape index (κ2) is 7.07. The number of carbonyl (C=O) groups is 2. The molecule has 0 radical (unpaired) electrons. The van der Waals surface area contributed by atoms with Gasteiger partial charge in [0.25, 0.3) is 11.8 Å². The predicted octanol–water partition coefficient (Wildman–Crippen LogP) is 2.96. The Kier molecular flexibility index (Phi) is 4.58. The van der Waals surface area contributed by atoms with E-state index in [1.807, 2.05) is 30.3 Å². The molecule has 3 heterocycles. The molecular formula is C21H22N4O3. The Balaban J connectivity index is 1.56. The quantitative estimate of drug-likeness (QED) is 0.755. The van der Waals surface area contributed by atoms with Gasteiger partial charge in [-0.3, -0.25) is 14.6 Å². The smallest absolute Gasteiger partial charge is 0.291 e. The van der Waals surface area contributed by atoms with Crippen molar-refractivity contribution in [1.29, 1.82) is 0 Å². The SMILES string of the molecule is Cc1nc(C)c(C(=O)N2CCC(c3nc4ccccc4cc3C(N)=O)CC2)o1. The molecule has 3 aromatic rings. The molecule has 0 unspecified atom stereocenters. The van der Waals surface area contributed by atoms with Gasteiger partial charge in [0.2, 0.25) is 5.76 Å². The number of hydrogen-bond donors (Lipinski definition) is 1. The van der Waals surface area contributed by atoms with Gasteiger partial charge in [0.15, 0.2) is 5.89 Å². The van der Waals surface area contributed by atoms with E-state index in [9.17, 15) is 9.59 Å². The van der Waals surface area contributed by atoms with Crippen LogP contribution in [0, 0.1) is 13.8 Å². The molecule has 0 spiro atoms. The maximum atomic E-state index is 12.7. The molecule has 28 heavy (non-hydrogen) atoms. The van der Waals surface area contributed by atoms with Gasteiger partial charge in [-0.15, -0.1) is 0 Å². The summed E-state index contributed by atoms with van der Waals surface area (Å²) in [6.07, 6.45) is 1.42. The van der Waals surface area contributed by atoms with Crippen molar-refractivity contribution in [2.24, 2.45) is 5.73 Å². The highest BCUT2D eigenvalue weighted by Gasteiger charge is 2.30. The number of likely N-dealkylation sites (tertiary alicyclic amines) is 1. The van der Waals surface area contributed by atoms with Crippen LogP contribution in [-0.4, -0.2) is 39.8 Å². The van der Waals surface area contributed by atoms with E-state index in [0.29, 0.717) is 48.8 Å². The number of rotatable bonds is 3. The maximum Gasteiger partial charge on any atom is 0.291 e. The van der Waals surface area contributed by atoms with Crippen molar-refractivity contribution in [3.05, 3.63) is 58.9 Å². The molecule has 2 aromatic heterocycles. The second-order valence-electron chi connectivity index (χ2n) is 7.19. The molecule has 0 bridgehead atoms. The minimum absolute atomic E-state index is 0.0775. The van der Waals surface area contributed by atoms with Crippen LogP contribution in [0.3, 0.4) is 0 Å². The average Bonchev–Trinajstić information content (AvgIpc) is 3.04. The summed E-state index contributed by atoms with van der Waals surface area (Å²) >= 11 is 0. The number of aromatic nitrogens is 2. The summed E-state index contributed by atoms with van der Waals surface area (Å²) in [6, 6.07) is 9.49. The number of piperidine rings is 1. The largest absolute Gasteiger partial charge is 0.436 e. The number of nitrogens with zero attached hydrogens (tertiary/aromatic N) is 3. The molecule has 1 aliphatic rings. The highest BCUT2D eigenvalue weighted by Crippen LogP contribution is 2.31. The van der Waals surface area contributed by atoms with Crippen LogP contribution in [0.2, 0.25) is 0 Å². The lowest BCUT2D eigenvalue weighted by Crippen LogP contribution is -2.38. The lowest BCUT2D eigenvalue weighted by molar-refractivity contribution is 0.0676. The van der Waals surface area contributed by atoms with Crippen LogP contribution in [0.25, 0.3) is 10.9 Å². The predicted molar refractivity (Wildman–Crippen MR) is 104 cm³/mol. The summed E-state index contributed by atoms with van der Waals surface area (Å²) in [5.41, 5.74) is 8.26. The Labute approximate surface area is 162 Å². The minimum Gasteiger partial charge on any atom is -0.436 e. The number of primary amides is 1. The molecule has 0 atom stereocenters. The normalized spacial score (nSPS) is 15.1. The third-order valence-corrected chi connectivity index (χ3v) is 5.29. The Bertz CT molecular complexity index is 1060. The number of pyridine rings is 1. The maximum absolute atomic E-state index is 12.7. The third-order valence-electron chi connectivity index (χ3n) is 5.29. The van der Waals surface area contributed by atoms with E-state index in [-0.39, 0.29) is 11.8 Å². The number of hydrogen-bond acceptors (Lipinski definition) is 5. The van der Waals surface area contributed by atoms with E-state index >= 15 is 0 Å². The van der Waals surface area contributed by atoms with Gasteiger partial charge in [-0.25, -0.2) is 4.98 Å². The Hall–Kier alpha value is -3.22. The fourth-order valence-corrected chi connectivity index (χ4v) is 3.87. The van der Waals surface area contributed by atoms with Crippen molar-refractivity contribution in [3.63, 3.8) is 0 Å². The summed E-state index contributed by atoms with van der Waals surface area (Å²) in [6.45, 7) is 4.63. The molecule has 7 heteroatoms. The van der Waals surface area contributed by atoms with Crippen LogP contribution in [0.1, 0.15) is 57.0 Å². The molecular weight excluding hydrogens is 356 g/mol. The zero-order chi connectivity index (χ0) is 19.8. The lowest BCUT2D eigenvalue weighted by atomic mass is 9.89. The van der Waals surface area contributed by atoms with Gasteiger partial charge in [0.05, 0.1) is 22.5 Å². The van der Waals surface area contributed by atoms with E-state index in [1.54, 1.807) is 18.7 Å². The van der Waals surface area contributed by atoms with Crippen LogP contribution < -0.4 is 5.73 Å². The topological polar surface area (TPSA) is 102 Å². The van der Waals surface area contributed by atoms with Gasteiger partial charge >= 0.3 is 0 Å². The van der Waals surface area contributed by atoms with Crippen molar-refractivity contribution >= 4 is 22.7 Å².